The summed E-state index contributed by atoms with van der Waals surface area (Å²) < 4.78 is 3.94. The zero-order valence-corrected chi connectivity index (χ0v) is 19.3. The average molecular weight is 447 g/mol. The summed E-state index contributed by atoms with van der Waals surface area (Å²) in [6.45, 7) is 6.53. The normalized spacial score (nSPS) is 11.0. The highest BCUT2D eigenvalue weighted by Gasteiger charge is 2.16. The van der Waals surface area contributed by atoms with Gasteiger partial charge in [0.1, 0.15) is 5.82 Å². The van der Waals surface area contributed by atoms with Gasteiger partial charge in [0.25, 0.3) is 0 Å². The summed E-state index contributed by atoms with van der Waals surface area (Å²) >= 11 is 1.54. The zero-order chi connectivity index (χ0) is 22.5. The molecule has 0 saturated carbocycles. The van der Waals surface area contributed by atoms with Gasteiger partial charge < -0.3 is 9.88 Å². The molecule has 2 heterocycles. The number of thioether (sulfide) groups is 1. The Balaban J connectivity index is 1.36. The number of aromatic nitrogens is 5. The largest absolute Gasteiger partial charge is 0.323 e. The molecule has 0 bridgehead atoms. The molecule has 0 radical (unpaired) electrons. The van der Waals surface area contributed by atoms with Crippen LogP contribution in [-0.2, 0) is 11.3 Å². The van der Waals surface area contributed by atoms with Gasteiger partial charge in [-0.1, -0.05) is 60.3 Å². The summed E-state index contributed by atoms with van der Waals surface area (Å²) in [5.41, 5.74) is 4.64. The highest BCUT2D eigenvalue weighted by atomic mass is 32.2. The third-order valence-corrected chi connectivity index (χ3v) is 6.17. The Morgan fingerprint density at radius 3 is 2.38 bits per heavy atom. The zero-order valence-electron chi connectivity index (χ0n) is 18.4. The first-order valence-electron chi connectivity index (χ1n) is 10.5. The quantitative estimate of drug-likeness (QED) is 0.402. The van der Waals surface area contributed by atoms with E-state index in [1.54, 1.807) is 11.8 Å². The fourth-order valence-electron chi connectivity index (χ4n) is 3.50. The summed E-state index contributed by atoms with van der Waals surface area (Å²) in [5, 5.41) is 17.0. The van der Waals surface area contributed by atoms with Crippen molar-refractivity contribution in [2.24, 2.45) is 0 Å². The van der Waals surface area contributed by atoms with Gasteiger partial charge in [-0.05, 0) is 38.5 Å². The second-order valence-electron chi connectivity index (χ2n) is 7.54. The van der Waals surface area contributed by atoms with Crippen LogP contribution in [0, 0.1) is 20.8 Å². The lowest BCUT2D eigenvalue weighted by atomic mass is 10.2. The summed E-state index contributed by atoms with van der Waals surface area (Å²) in [7, 11) is 0. The Bertz CT molecular complexity index is 1200. The molecule has 8 heteroatoms. The Labute approximate surface area is 191 Å². The van der Waals surface area contributed by atoms with Gasteiger partial charge in [-0.15, -0.1) is 10.2 Å². The van der Waals surface area contributed by atoms with Crippen LogP contribution < -0.4 is 5.32 Å². The summed E-state index contributed by atoms with van der Waals surface area (Å²) in [6.07, 6.45) is 0.372. The molecule has 0 aliphatic heterocycles. The number of carbonyl (C=O) groups is 1. The van der Waals surface area contributed by atoms with Crippen molar-refractivity contribution in [1.82, 2.24) is 24.5 Å². The molecular weight excluding hydrogens is 420 g/mol. The van der Waals surface area contributed by atoms with Crippen molar-refractivity contribution in [3.63, 3.8) is 0 Å². The van der Waals surface area contributed by atoms with Crippen molar-refractivity contribution in [3.8, 4) is 5.69 Å². The van der Waals surface area contributed by atoms with E-state index in [4.69, 9.17) is 0 Å². The van der Waals surface area contributed by atoms with Gasteiger partial charge in [-0.2, -0.15) is 5.10 Å². The van der Waals surface area contributed by atoms with Gasteiger partial charge >= 0.3 is 0 Å². The number of amides is 1. The van der Waals surface area contributed by atoms with Crippen LogP contribution in [0.5, 0.6) is 0 Å². The first-order chi connectivity index (χ1) is 15.5. The highest BCUT2D eigenvalue weighted by Crippen LogP contribution is 2.24. The average Bonchev–Trinajstić information content (AvgIpc) is 3.29. The van der Waals surface area contributed by atoms with Crippen LogP contribution in [0.25, 0.3) is 5.69 Å². The smallest absolute Gasteiger partial charge is 0.225 e. The number of nitrogens with zero attached hydrogens (tertiary/aromatic N) is 5. The van der Waals surface area contributed by atoms with E-state index in [2.05, 4.69) is 37.3 Å². The molecule has 0 unspecified atom stereocenters. The first kappa shape index (κ1) is 21.8. The van der Waals surface area contributed by atoms with Gasteiger partial charge in [0.15, 0.2) is 5.16 Å². The Kier molecular flexibility index (Phi) is 6.70. The molecule has 32 heavy (non-hydrogen) atoms. The Morgan fingerprint density at radius 1 is 0.969 bits per heavy atom. The number of aryl methyl sites for hydroxylation is 2. The van der Waals surface area contributed by atoms with E-state index in [9.17, 15) is 4.79 Å². The number of hydrogen-bond acceptors (Lipinski definition) is 5. The lowest BCUT2D eigenvalue weighted by molar-refractivity contribution is -0.115. The molecule has 2 aromatic heterocycles. The lowest BCUT2D eigenvalue weighted by Crippen LogP contribution is -2.14. The van der Waals surface area contributed by atoms with E-state index in [-0.39, 0.29) is 5.91 Å². The second kappa shape index (κ2) is 9.82. The summed E-state index contributed by atoms with van der Waals surface area (Å²) in [5.74, 6) is 1.44. The Morgan fingerprint density at radius 2 is 1.66 bits per heavy atom. The second-order valence-corrected chi connectivity index (χ2v) is 8.60. The maximum Gasteiger partial charge on any atom is 0.225 e. The maximum absolute atomic E-state index is 12.6. The van der Waals surface area contributed by atoms with Crippen molar-refractivity contribution in [2.45, 2.75) is 38.9 Å². The molecule has 4 aromatic rings. The molecule has 7 nitrogen and oxygen atoms in total. The van der Waals surface area contributed by atoms with Gasteiger partial charge in [0.05, 0.1) is 29.3 Å². The monoisotopic (exact) mass is 446 g/mol. The minimum Gasteiger partial charge on any atom is -0.323 e. The van der Waals surface area contributed by atoms with Crippen molar-refractivity contribution in [1.29, 1.82) is 0 Å². The van der Waals surface area contributed by atoms with Crippen LogP contribution in [0.1, 0.15) is 29.2 Å². The number of benzene rings is 2. The van der Waals surface area contributed by atoms with E-state index in [1.807, 2.05) is 74.0 Å². The van der Waals surface area contributed by atoms with E-state index in [1.165, 1.54) is 5.56 Å². The minimum atomic E-state index is -0.0397. The van der Waals surface area contributed by atoms with Crippen LogP contribution in [0.15, 0.2) is 65.8 Å². The molecule has 0 fully saturated rings. The topological polar surface area (TPSA) is 77.6 Å². The van der Waals surface area contributed by atoms with Gasteiger partial charge in [-0.3, -0.25) is 4.79 Å². The van der Waals surface area contributed by atoms with Crippen LogP contribution in [0.3, 0.4) is 0 Å². The maximum atomic E-state index is 12.6. The van der Waals surface area contributed by atoms with Crippen molar-refractivity contribution in [3.05, 3.63) is 83.4 Å². The molecule has 0 aliphatic rings. The number of anilines is 1. The molecule has 0 saturated heterocycles. The number of carbonyl (C=O) groups excluding carboxylic acids is 1. The molecule has 0 aliphatic carbocycles. The fourth-order valence-corrected chi connectivity index (χ4v) is 4.42. The van der Waals surface area contributed by atoms with Gasteiger partial charge in [0.2, 0.25) is 5.91 Å². The van der Waals surface area contributed by atoms with Crippen LogP contribution in [-0.4, -0.2) is 36.2 Å². The number of nitrogens with one attached hydrogen (secondary N) is 1. The SMILES string of the molecule is Cc1nn(-c2ccccc2)c(C)c1NC(=O)CCSc1nnc(C)n1Cc1ccccc1. The van der Waals surface area contributed by atoms with Crippen molar-refractivity contribution < 1.29 is 4.79 Å². The predicted molar refractivity (Wildman–Crippen MR) is 127 cm³/mol. The molecule has 0 atom stereocenters. The van der Waals surface area contributed by atoms with Crippen LogP contribution in [0.4, 0.5) is 5.69 Å². The predicted octanol–water partition coefficient (Wildman–Crippen LogP) is 4.56. The van der Waals surface area contributed by atoms with Crippen molar-refractivity contribution in [2.75, 3.05) is 11.1 Å². The first-order valence-corrected chi connectivity index (χ1v) is 11.5. The van der Waals surface area contributed by atoms with Crippen LogP contribution in [0.2, 0.25) is 0 Å². The molecule has 0 spiro atoms. The molecule has 2 aromatic carbocycles. The van der Waals surface area contributed by atoms with E-state index >= 15 is 0 Å². The summed E-state index contributed by atoms with van der Waals surface area (Å²) in [4.78, 5) is 12.6. The summed E-state index contributed by atoms with van der Waals surface area (Å²) in [6, 6.07) is 20.1. The lowest BCUT2D eigenvalue weighted by Gasteiger charge is -2.09. The van der Waals surface area contributed by atoms with Gasteiger partial charge in [0, 0.05) is 12.2 Å². The van der Waals surface area contributed by atoms with E-state index in [0.29, 0.717) is 18.7 Å². The molecule has 1 N–H and O–H groups in total. The Hall–Kier alpha value is -3.39. The van der Waals surface area contributed by atoms with Crippen molar-refractivity contribution >= 4 is 23.4 Å². The van der Waals surface area contributed by atoms with Gasteiger partial charge in [-0.25, -0.2) is 4.68 Å². The minimum absolute atomic E-state index is 0.0397. The number of para-hydroxylation sites is 1. The molecule has 164 valence electrons. The van der Waals surface area contributed by atoms with E-state index < -0.39 is 0 Å². The third kappa shape index (κ3) is 4.91. The third-order valence-electron chi connectivity index (χ3n) is 5.20. The molecule has 4 rings (SSSR count). The fraction of sp³-hybridized carbons (Fsp3) is 0.250. The number of hydrogen-bond donors (Lipinski definition) is 1. The highest BCUT2D eigenvalue weighted by molar-refractivity contribution is 7.99. The molecular formula is C24H26N6OS. The number of rotatable bonds is 8. The standard InChI is InChI=1S/C24H26N6OS/c1-17-23(18(2)30(28-17)21-12-8-5-9-13-21)25-22(31)14-15-32-24-27-26-19(3)29(24)16-20-10-6-4-7-11-20/h4-13H,14-16H2,1-3H3,(H,25,31). The van der Waals surface area contributed by atoms with E-state index in [0.717, 1.165) is 33.7 Å². The molecule has 1 amide bonds. The van der Waals surface area contributed by atoms with Crippen LogP contribution >= 0.6 is 11.8 Å².